The molecular weight excluding hydrogens is 330 g/mol. The molecule has 1 aromatic rings. The van der Waals surface area contributed by atoms with Crippen LogP contribution in [0.3, 0.4) is 0 Å². The molecule has 1 fully saturated rings. The largest absolute Gasteiger partial charge is 0.328 e. The zero-order chi connectivity index (χ0) is 13.8. The first-order valence-electron chi connectivity index (χ1n) is 6.27. The number of benzene rings is 1. The van der Waals surface area contributed by atoms with E-state index in [1.807, 2.05) is 0 Å². The van der Waals surface area contributed by atoms with Crippen LogP contribution in [0, 0.1) is 0 Å². The maximum Gasteiger partial charge on any atom is 0.238 e. The van der Waals surface area contributed by atoms with Crippen molar-refractivity contribution >= 4 is 39.1 Å². The number of rotatable bonds is 3. The van der Waals surface area contributed by atoms with Crippen molar-refractivity contribution in [3.63, 3.8) is 0 Å². The smallest absolute Gasteiger partial charge is 0.238 e. The van der Waals surface area contributed by atoms with Gasteiger partial charge in [-0.1, -0.05) is 11.6 Å². The van der Waals surface area contributed by atoms with Gasteiger partial charge in [0.15, 0.2) is 0 Å². The molecule has 0 atom stereocenters. The van der Waals surface area contributed by atoms with Crippen molar-refractivity contribution in [1.82, 2.24) is 4.90 Å². The average Bonchev–Trinajstić information content (AvgIpc) is 2.36. The van der Waals surface area contributed by atoms with Gasteiger partial charge in [0.25, 0.3) is 0 Å². The third-order valence-electron chi connectivity index (χ3n) is 3.20. The number of carbonyl (C=O) groups is 1. The molecule has 0 saturated carbocycles. The van der Waals surface area contributed by atoms with E-state index in [2.05, 4.69) is 26.1 Å². The van der Waals surface area contributed by atoms with Gasteiger partial charge in [-0.2, -0.15) is 0 Å². The third kappa shape index (κ3) is 4.45. The van der Waals surface area contributed by atoms with Gasteiger partial charge in [-0.25, -0.2) is 0 Å². The van der Waals surface area contributed by atoms with Crippen molar-refractivity contribution in [3.8, 4) is 0 Å². The molecule has 1 aromatic carbocycles. The lowest BCUT2D eigenvalue weighted by molar-refractivity contribution is -0.117. The number of nitrogens with one attached hydrogen (secondary N) is 1. The Kier molecular flexibility index (Phi) is 5.21. The van der Waals surface area contributed by atoms with E-state index >= 15 is 0 Å². The van der Waals surface area contributed by atoms with Gasteiger partial charge < -0.3 is 11.1 Å². The highest BCUT2D eigenvalue weighted by Gasteiger charge is 2.18. The van der Waals surface area contributed by atoms with Gasteiger partial charge in [0.05, 0.1) is 12.2 Å². The number of likely N-dealkylation sites (tertiary alicyclic amines) is 1. The number of hydrogen-bond acceptors (Lipinski definition) is 3. The Morgan fingerprint density at radius 2 is 2.16 bits per heavy atom. The van der Waals surface area contributed by atoms with Crippen LogP contribution in [0.25, 0.3) is 0 Å². The van der Waals surface area contributed by atoms with E-state index in [4.69, 9.17) is 17.3 Å². The fourth-order valence-electron chi connectivity index (χ4n) is 2.09. The van der Waals surface area contributed by atoms with E-state index in [0.29, 0.717) is 11.6 Å². The zero-order valence-corrected chi connectivity index (χ0v) is 12.9. The van der Waals surface area contributed by atoms with E-state index in [-0.39, 0.29) is 11.9 Å². The minimum atomic E-state index is -0.0153. The first-order chi connectivity index (χ1) is 9.04. The van der Waals surface area contributed by atoms with Crippen LogP contribution in [0.5, 0.6) is 0 Å². The SMILES string of the molecule is NC1CCN(CC(=O)Nc2ccc(Cl)cc2Br)CC1. The summed E-state index contributed by atoms with van der Waals surface area (Å²) in [6.45, 7) is 2.18. The summed E-state index contributed by atoms with van der Waals surface area (Å²) in [6, 6.07) is 5.58. The van der Waals surface area contributed by atoms with Crippen molar-refractivity contribution in [2.75, 3.05) is 25.0 Å². The molecule has 1 aliphatic heterocycles. The number of nitrogens with two attached hydrogens (primary N) is 1. The highest BCUT2D eigenvalue weighted by atomic mass is 79.9. The Hall–Kier alpha value is -0.620. The number of carbonyl (C=O) groups excluding carboxylic acids is 1. The molecule has 1 amide bonds. The van der Waals surface area contributed by atoms with E-state index in [1.165, 1.54) is 0 Å². The Labute approximate surface area is 126 Å². The Balaban J connectivity index is 1.87. The predicted molar refractivity (Wildman–Crippen MR) is 81.4 cm³/mol. The van der Waals surface area contributed by atoms with Crippen LogP contribution in [0.1, 0.15) is 12.8 Å². The van der Waals surface area contributed by atoms with Crippen LogP contribution in [0.15, 0.2) is 22.7 Å². The van der Waals surface area contributed by atoms with Gasteiger partial charge in [0.1, 0.15) is 0 Å². The molecule has 4 nitrogen and oxygen atoms in total. The highest BCUT2D eigenvalue weighted by molar-refractivity contribution is 9.10. The first kappa shape index (κ1) is 14.8. The standard InChI is InChI=1S/C13H17BrClN3O/c14-11-7-9(15)1-2-12(11)17-13(19)8-18-5-3-10(16)4-6-18/h1-2,7,10H,3-6,8,16H2,(H,17,19). The summed E-state index contributed by atoms with van der Waals surface area (Å²) in [5.74, 6) is -0.0153. The number of amides is 1. The molecule has 6 heteroatoms. The number of nitrogens with zero attached hydrogens (tertiary/aromatic N) is 1. The van der Waals surface area contributed by atoms with E-state index in [0.717, 1.165) is 36.1 Å². The van der Waals surface area contributed by atoms with Crippen LogP contribution in [0.2, 0.25) is 5.02 Å². The summed E-state index contributed by atoms with van der Waals surface area (Å²) >= 11 is 9.24. The summed E-state index contributed by atoms with van der Waals surface area (Å²) in [6.07, 6.45) is 1.91. The van der Waals surface area contributed by atoms with E-state index in [9.17, 15) is 4.79 Å². The monoisotopic (exact) mass is 345 g/mol. The van der Waals surface area contributed by atoms with E-state index in [1.54, 1.807) is 18.2 Å². The summed E-state index contributed by atoms with van der Waals surface area (Å²) in [5.41, 5.74) is 6.58. The number of anilines is 1. The van der Waals surface area contributed by atoms with Crippen molar-refractivity contribution in [2.45, 2.75) is 18.9 Å². The quantitative estimate of drug-likeness (QED) is 0.884. The molecule has 2 rings (SSSR count). The average molecular weight is 347 g/mol. The molecular formula is C13H17BrClN3O. The second-order valence-electron chi connectivity index (χ2n) is 4.79. The molecule has 3 N–H and O–H groups in total. The lowest BCUT2D eigenvalue weighted by atomic mass is 10.1. The second kappa shape index (κ2) is 6.70. The lowest BCUT2D eigenvalue weighted by Gasteiger charge is -2.29. The summed E-state index contributed by atoms with van der Waals surface area (Å²) in [4.78, 5) is 14.1. The number of hydrogen-bond donors (Lipinski definition) is 2. The number of piperidine rings is 1. The first-order valence-corrected chi connectivity index (χ1v) is 7.44. The van der Waals surface area contributed by atoms with Gasteiger partial charge in [0, 0.05) is 28.6 Å². The molecule has 1 saturated heterocycles. The molecule has 1 heterocycles. The van der Waals surface area contributed by atoms with Gasteiger partial charge in [-0.05, 0) is 47.0 Å². The van der Waals surface area contributed by atoms with Gasteiger partial charge >= 0.3 is 0 Å². The maximum atomic E-state index is 12.0. The van der Waals surface area contributed by atoms with Crippen LogP contribution >= 0.6 is 27.5 Å². The van der Waals surface area contributed by atoms with Crippen molar-refractivity contribution in [1.29, 1.82) is 0 Å². The normalized spacial score (nSPS) is 17.4. The second-order valence-corrected chi connectivity index (χ2v) is 6.08. The summed E-state index contributed by atoms with van der Waals surface area (Å²) < 4.78 is 0.786. The van der Waals surface area contributed by atoms with Crippen molar-refractivity contribution in [3.05, 3.63) is 27.7 Å². The fourth-order valence-corrected chi connectivity index (χ4v) is 2.88. The van der Waals surface area contributed by atoms with Gasteiger partial charge in [-0.3, -0.25) is 9.69 Å². The Bertz CT molecular complexity index is 461. The molecule has 19 heavy (non-hydrogen) atoms. The minimum absolute atomic E-state index is 0.0153. The predicted octanol–water partition coefficient (Wildman–Crippen LogP) is 2.46. The lowest BCUT2D eigenvalue weighted by Crippen LogP contribution is -2.43. The molecule has 0 unspecified atom stereocenters. The van der Waals surface area contributed by atoms with Gasteiger partial charge in [0.2, 0.25) is 5.91 Å². The number of halogens is 2. The van der Waals surface area contributed by atoms with Crippen molar-refractivity contribution in [2.24, 2.45) is 5.73 Å². The van der Waals surface area contributed by atoms with Gasteiger partial charge in [-0.15, -0.1) is 0 Å². The highest BCUT2D eigenvalue weighted by Crippen LogP contribution is 2.25. The minimum Gasteiger partial charge on any atom is -0.328 e. The molecule has 1 aliphatic rings. The van der Waals surface area contributed by atoms with Crippen LogP contribution in [0.4, 0.5) is 5.69 Å². The molecule has 104 valence electrons. The Morgan fingerprint density at radius 3 is 2.79 bits per heavy atom. The third-order valence-corrected chi connectivity index (χ3v) is 4.10. The topological polar surface area (TPSA) is 58.4 Å². The fraction of sp³-hybridized carbons (Fsp3) is 0.462. The molecule has 0 aliphatic carbocycles. The summed E-state index contributed by atoms with van der Waals surface area (Å²) in [7, 11) is 0. The molecule has 0 radical (unpaired) electrons. The van der Waals surface area contributed by atoms with E-state index < -0.39 is 0 Å². The van der Waals surface area contributed by atoms with Crippen LogP contribution in [-0.4, -0.2) is 36.5 Å². The van der Waals surface area contributed by atoms with Crippen LogP contribution < -0.4 is 11.1 Å². The molecule has 0 bridgehead atoms. The van der Waals surface area contributed by atoms with Crippen molar-refractivity contribution < 1.29 is 4.79 Å². The molecule has 0 aromatic heterocycles. The van der Waals surface area contributed by atoms with Crippen LogP contribution in [-0.2, 0) is 4.79 Å². The Morgan fingerprint density at radius 1 is 1.47 bits per heavy atom. The summed E-state index contributed by atoms with van der Waals surface area (Å²) in [5, 5.41) is 3.51. The molecule has 0 spiro atoms. The zero-order valence-electron chi connectivity index (χ0n) is 10.5. The maximum absolute atomic E-state index is 12.0.